The fraction of sp³-hybridized carbons (Fsp3) is 0.0345. The first-order valence-electron chi connectivity index (χ1n) is 10.8. The highest BCUT2D eigenvalue weighted by Crippen LogP contribution is 2.30. The second kappa shape index (κ2) is 9.37. The lowest BCUT2D eigenvalue weighted by molar-refractivity contribution is 0.462. The van der Waals surface area contributed by atoms with E-state index in [9.17, 15) is 5.11 Å². The zero-order valence-electron chi connectivity index (χ0n) is 17.9. The summed E-state index contributed by atoms with van der Waals surface area (Å²) in [7, 11) is 0. The third kappa shape index (κ3) is 4.91. The van der Waals surface area contributed by atoms with E-state index in [0.29, 0.717) is 22.9 Å². The zero-order valence-corrected chi connectivity index (χ0v) is 17.9. The molecule has 0 bridgehead atoms. The van der Waals surface area contributed by atoms with Gasteiger partial charge in [-0.05, 0) is 60.0 Å². The molecule has 3 aromatic carbocycles. The molecule has 0 spiro atoms. The maximum absolute atomic E-state index is 10.2. The molecular weight excluding hydrogens is 408 g/mol. The van der Waals surface area contributed by atoms with Gasteiger partial charge in [-0.3, -0.25) is 0 Å². The Morgan fingerprint density at radius 3 is 2.33 bits per heavy atom. The summed E-state index contributed by atoms with van der Waals surface area (Å²) in [6.07, 6.45) is 2.59. The second-order valence-corrected chi connectivity index (χ2v) is 7.72. The number of nitrogens with zero attached hydrogens (tertiary/aromatic N) is 2. The van der Waals surface area contributed by atoms with E-state index >= 15 is 0 Å². The highest BCUT2D eigenvalue weighted by Gasteiger charge is 2.08. The van der Waals surface area contributed by atoms with Crippen molar-refractivity contribution >= 4 is 0 Å². The van der Waals surface area contributed by atoms with Crippen LogP contribution in [0.1, 0.15) is 11.1 Å². The van der Waals surface area contributed by atoms with Gasteiger partial charge in [-0.25, -0.2) is 9.97 Å². The summed E-state index contributed by atoms with van der Waals surface area (Å²) in [6.45, 7) is 0. The fourth-order valence-electron chi connectivity index (χ4n) is 3.72. The van der Waals surface area contributed by atoms with Gasteiger partial charge in [-0.2, -0.15) is 0 Å². The van der Waals surface area contributed by atoms with E-state index < -0.39 is 0 Å². The number of phenols is 1. The van der Waals surface area contributed by atoms with Crippen molar-refractivity contribution in [2.24, 2.45) is 0 Å². The van der Waals surface area contributed by atoms with E-state index in [1.807, 2.05) is 84.9 Å². The molecule has 2 aromatic heterocycles. The lowest BCUT2D eigenvalue weighted by atomic mass is 10.1. The molecule has 5 rings (SSSR count). The van der Waals surface area contributed by atoms with Gasteiger partial charge in [0.05, 0.1) is 11.4 Å². The van der Waals surface area contributed by atoms with Crippen molar-refractivity contribution in [1.82, 2.24) is 9.97 Å². The smallest absolute Gasteiger partial charge is 0.219 e. The van der Waals surface area contributed by atoms with Gasteiger partial charge in [0.2, 0.25) is 5.88 Å². The van der Waals surface area contributed by atoms with Gasteiger partial charge in [0.25, 0.3) is 0 Å². The molecule has 0 amide bonds. The number of benzene rings is 3. The predicted octanol–water partition coefficient (Wildman–Crippen LogP) is 6.90. The zero-order chi connectivity index (χ0) is 22.5. The summed E-state index contributed by atoms with van der Waals surface area (Å²) in [5, 5.41) is 10.2. The number of hydrogen-bond acceptors (Lipinski definition) is 4. The number of hydrogen-bond donors (Lipinski definition) is 1. The molecule has 0 saturated heterocycles. The second-order valence-electron chi connectivity index (χ2n) is 7.72. The summed E-state index contributed by atoms with van der Waals surface area (Å²) in [5.74, 6) is 1.45. The molecule has 0 fully saturated rings. The number of phenolic OH excluding ortho intramolecular Hbond substituents is 1. The minimum Gasteiger partial charge on any atom is -0.507 e. The molecule has 33 heavy (non-hydrogen) atoms. The minimum absolute atomic E-state index is 0.209. The van der Waals surface area contributed by atoms with Crippen molar-refractivity contribution in [2.45, 2.75) is 6.42 Å². The van der Waals surface area contributed by atoms with Crippen molar-refractivity contribution in [2.75, 3.05) is 0 Å². The summed E-state index contributed by atoms with van der Waals surface area (Å²) in [4.78, 5) is 9.13. The van der Waals surface area contributed by atoms with Crippen LogP contribution in [0.5, 0.6) is 17.4 Å². The van der Waals surface area contributed by atoms with Crippen molar-refractivity contribution in [3.8, 4) is 39.9 Å². The van der Waals surface area contributed by atoms with Crippen LogP contribution >= 0.6 is 0 Å². The Balaban J connectivity index is 1.38. The van der Waals surface area contributed by atoms with Crippen LogP contribution in [0, 0.1) is 0 Å². The monoisotopic (exact) mass is 430 g/mol. The lowest BCUT2D eigenvalue weighted by Gasteiger charge is -2.10. The van der Waals surface area contributed by atoms with Gasteiger partial charge in [-0.1, -0.05) is 60.7 Å². The average Bonchev–Trinajstić information content (AvgIpc) is 2.85. The first kappa shape index (κ1) is 20.5. The molecule has 0 unspecified atom stereocenters. The van der Waals surface area contributed by atoms with Gasteiger partial charge in [0, 0.05) is 23.4 Å². The van der Waals surface area contributed by atoms with E-state index in [0.717, 1.165) is 23.2 Å². The molecule has 0 atom stereocenters. The maximum atomic E-state index is 10.2. The van der Waals surface area contributed by atoms with Crippen LogP contribution in [0.4, 0.5) is 0 Å². The fourth-order valence-corrected chi connectivity index (χ4v) is 3.72. The number of aromatic hydroxyl groups is 1. The van der Waals surface area contributed by atoms with Gasteiger partial charge >= 0.3 is 0 Å². The number of rotatable bonds is 6. The third-order valence-electron chi connectivity index (χ3n) is 5.33. The Labute approximate surface area is 192 Å². The topological polar surface area (TPSA) is 55.2 Å². The summed E-state index contributed by atoms with van der Waals surface area (Å²) in [5.41, 5.74) is 5.52. The summed E-state index contributed by atoms with van der Waals surface area (Å²) in [6, 6.07) is 35.1. The Kier molecular flexibility index (Phi) is 5.81. The Morgan fingerprint density at radius 1 is 0.667 bits per heavy atom. The standard InChI is InChI=1S/C29H22N2O2/c32-28-15-5-4-12-25(28)27-14-7-13-26(31-27)23-10-6-11-24(20-23)33-29-19-22(16-17-30-29)18-21-8-2-1-3-9-21/h1-17,19-20,32H,18H2. The SMILES string of the molecule is Oc1ccccc1-c1cccc(-c2cccc(Oc3cc(Cc4ccccc4)ccn3)c2)n1. The van der Waals surface area contributed by atoms with Crippen molar-refractivity contribution in [1.29, 1.82) is 0 Å². The number of para-hydroxylation sites is 1. The van der Waals surface area contributed by atoms with E-state index in [1.165, 1.54) is 5.56 Å². The molecule has 5 aromatic rings. The van der Waals surface area contributed by atoms with E-state index in [4.69, 9.17) is 9.72 Å². The van der Waals surface area contributed by atoms with Crippen molar-refractivity contribution in [3.63, 3.8) is 0 Å². The maximum Gasteiger partial charge on any atom is 0.219 e. The largest absolute Gasteiger partial charge is 0.507 e. The van der Waals surface area contributed by atoms with Crippen molar-refractivity contribution < 1.29 is 9.84 Å². The van der Waals surface area contributed by atoms with E-state index in [-0.39, 0.29) is 5.75 Å². The van der Waals surface area contributed by atoms with Gasteiger partial charge < -0.3 is 9.84 Å². The third-order valence-corrected chi connectivity index (χ3v) is 5.33. The first-order chi connectivity index (χ1) is 16.2. The molecule has 2 heterocycles. The molecule has 0 aliphatic rings. The molecule has 0 saturated carbocycles. The van der Waals surface area contributed by atoms with E-state index in [1.54, 1.807) is 18.3 Å². The Morgan fingerprint density at radius 2 is 1.45 bits per heavy atom. The van der Waals surface area contributed by atoms with Gasteiger partial charge in [0.15, 0.2) is 0 Å². The molecular formula is C29H22N2O2. The Bertz CT molecular complexity index is 1380. The average molecular weight is 431 g/mol. The van der Waals surface area contributed by atoms with Crippen LogP contribution in [-0.2, 0) is 6.42 Å². The molecule has 4 nitrogen and oxygen atoms in total. The molecule has 0 aliphatic heterocycles. The van der Waals surface area contributed by atoms with Crippen LogP contribution in [-0.4, -0.2) is 15.1 Å². The van der Waals surface area contributed by atoms with Crippen LogP contribution in [0.2, 0.25) is 0 Å². The molecule has 160 valence electrons. The summed E-state index contributed by atoms with van der Waals surface area (Å²) >= 11 is 0. The highest BCUT2D eigenvalue weighted by atomic mass is 16.5. The van der Waals surface area contributed by atoms with Crippen LogP contribution in [0.3, 0.4) is 0 Å². The van der Waals surface area contributed by atoms with Crippen LogP contribution < -0.4 is 4.74 Å². The normalized spacial score (nSPS) is 10.7. The number of aromatic nitrogens is 2. The molecule has 1 N–H and O–H groups in total. The molecule has 4 heteroatoms. The predicted molar refractivity (Wildman–Crippen MR) is 130 cm³/mol. The Hall–Kier alpha value is -4.44. The van der Waals surface area contributed by atoms with Gasteiger partial charge in [0.1, 0.15) is 11.5 Å². The van der Waals surface area contributed by atoms with E-state index in [2.05, 4.69) is 17.1 Å². The number of pyridine rings is 2. The lowest BCUT2D eigenvalue weighted by Crippen LogP contribution is -1.93. The minimum atomic E-state index is 0.209. The quantitative estimate of drug-likeness (QED) is 0.318. The molecule has 0 aliphatic carbocycles. The molecule has 0 radical (unpaired) electrons. The van der Waals surface area contributed by atoms with Crippen LogP contribution in [0.25, 0.3) is 22.5 Å². The number of ether oxygens (including phenoxy) is 1. The van der Waals surface area contributed by atoms with Gasteiger partial charge in [-0.15, -0.1) is 0 Å². The highest BCUT2D eigenvalue weighted by molar-refractivity contribution is 5.70. The van der Waals surface area contributed by atoms with Crippen LogP contribution in [0.15, 0.2) is 115 Å². The van der Waals surface area contributed by atoms with Crippen molar-refractivity contribution in [3.05, 3.63) is 127 Å². The first-order valence-corrected chi connectivity index (χ1v) is 10.8. The summed E-state index contributed by atoms with van der Waals surface area (Å²) < 4.78 is 6.07.